The van der Waals surface area contributed by atoms with E-state index in [2.05, 4.69) is 20.3 Å². The van der Waals surface area contributed by atoms with E-state index in [-0.39, 0.29) is 11.6 Å². The van der Waals surface area contributed by atoms with Crippen LogP contribution in [0.4, 0.5) is 16.8 Å². The number of rotatable bonds is 7. The summed E-state index contributed by atoms with van der Waals surface area (Å²) in [4.78, 5) is 22.8. The molecule has 0 unspecified atom stereocenters. The Bertz CT molecular complexity index is 1250. The van der Waals surface area contributed by atoms with E-state index in [1.165, 1.54) is 23.7 Å². The van der Waals surface area contributed by atoms with E-state index in [0.29, 0.717) is 5.13 Å². The topological polar surface area (TPSA) is 112 Å². The third kappa shape index (κ3) is 4.49. The molecule has 0 aliphatic carbocycles. The minimum absolute atomic E-state index is 0.0500. The molecule has 0 bridgehead atoms. The summed E-state index contributed by atoms with van der Waals surface area (Å²) in [5.41, 5.74) is 3.58. The summed E-state index contributed by atoms with van der Waals surface area (Å²) in [6.07, 6.45) is 2.66. The van der Waals surface area contributed by atoms with Crippen LogP contribution in [-0.2, 0) is 0 Å². The molecule has 2 aromatic heterocycles. The van der Waals surface area contributed by atoms with Crippen molar-refractivity contribution in [1.82, 2.24) is 15.0 Å². The Kier molecular flexibility index (Phi) is 5.95. The quantitative estimate of drug-likeness (QED) is 0.284. The number of ether oxygens (including phenoxy) is 2. The number of nitrogens with one attached hydrogen (secondary N) is 1. The molecule has 0 radical (unpaired) electrons. The van der Waals surface area contributed by atoms with Gasteiger partial charge in [-0.15, -0.1) is 11.3 Å². The average Bonchev–Trinajstić information content (AvgIpc) is 3.25. The highest BCUT2D eigenvalue weighted by Gasteiger charge is 2.18. The van der Waals surface area contributed by atoms with Gasteiger partial charge in [0, 0.05) is 10.9 Å². The molecule has 1 N–H and O–H groups in total. The monoisotopic (exact) mass is 449 g/mol. The number of benzene rings is 2. The molecular formula is C22H19N5O4S. The third-order valence-electron chi connectivity index (χ3n) is 4.62. The van der Waals surface area contributed by atoms with Crippen molar-refractivity contribution >= 4 is 28.1 Å². The van der Waals surface area contributed by atoms with Gasteiger partial charge in [0.1, 0.15) is 17.2 Å². The molecule has 2 aromatic carbocycles. The second kappa shape index (κ2) is 8.98. The Balaban J connectivity index is 1.56. The Morgan fingerprint density at radius 1 is 1.03 bits per heavy atom. The van der Waals surface area contributed by atoms with Gasteiger partial charge in [0.15, 0.2) is 11.3 Å². The summed E-state index contributed by atoms with van der Waals surface area (Å²) in [6, 6.07) is 11.4. The number of hydrogen-bond acceptors (Lipinski definition) is 9. The molecule has 9 nitrogen and oxygen atoms in total. The van der Waals surface area contributed by atoms with E-state index >= 15 is 0 Å². The summed E-state index contributed by atoms with van der Waals surface area (Å²) >= 11 is 1.33. The molecule has 0 aliphatic rings. The first-order valence-corrected chi connectivity index (χ1v) is 10.4. The van der Waals surface area contributed by atoms with Gasteiger partial charge in [-0.05, 0) is 71.3 Å². The van der Waals surface area contributed by atoms with Crippen molar-refractivity contribution in [2.24, 2.45) is 0 Å². The standard InChI is InChI=1S/C22H19N5O4S/c1-13-10-15(11-14(2)19(13)31-17-6-4-16(30-3)5-7-17)18-12-32-22(25-18)26-20-21(27(28)29)24-9-8-23-20/h4-12H,1-3H3,(H,23,25,26). The predicted molar refractivity (Wildman–Crippen MR) is 122 cm³/mol. The molecule has 0 saturated heterocycles. The molecule has 0 amide bonds. The molecule has 0 aliphatic heterocycles. The van der Waals surface area contributed by atoms with E-state index in [9.17, 15) is 10.1 Å². The molecule has 162 valence electrons. The van der Waals surface area contributed by atoms with E-state index in [4.69, 9.17) is 9.47 Å². The molecule has 10 heteroatoms. The van der Waals surface area contributed by atoms with Crippen LogP contribution in [0.3, 0.4) is 0 Å². The molecule has 0 atom stereocenters. The van der Waals surface area contributed by atoms with Gasteiger partial charge in [-0.25, -0.2) is 9.97 Å². The lowest BCUT2D eigenvalue weighted by molar-refractivity contribution is -0.388. The molecule has 4 aromatic rings. The van der Waals surface area contributed by atoms with Crippen LogP contribution >= 0.6 is 11.3 Å². The maximum absolute atomic E-state index is 11.1. The lowest BCUT2D eigenvalue weighted by Crippen LogP contribution is -2.01. The van der Waals surface area contributed by atoms with Gasteiger partial charge >= 0.3 is 5.82 Å². The largest absolute Gasteiger partial charge is 0.497 e. The Morgan fingerprint density at radius 3 is 2.34 bits per heavy atom. The van der Waals surface area contributed by atoms with Crippen molar-refractivity contribution in [3.63, 3.8) is 0 Å². The lowest BCUT2D eigenvalue weighted by atomic mass is 10.0. The zero-order valence-corrected chi connectivity index (χ0v) is 18.3. The average molecular weight is 449 g/mol. The fraction of sp³-hybridized carbons (Fsp3) is 0.136. The van der Waals surface area contributed by atoms with Gasteiger partial charge in [0.05, 0.1) is 19.0 Å². The summed E-state index contributed by atoms with van der Waals surface area (Å²) in [5, 5.41) is 16.4. The number of aromatic nitrogens is 3. The molecule has 4 rings (SSSR count). The number of methoxy groups -OCH3 is 1. The number of aryl methyl sites for hydroxylation is 2. The van der Waals surface area contributed by atoms with Crippen molar-refractivity contribution in [2.75, 3.05) is 12.4 Å². The highest BCUT2D eigenvalue weighted by Crippen LogP contribution is 2.35. The van der Waals surface area contributed by atoms with Crippen LogP contribution in [0.1, 0.15) is 11.1 Å². The van der Waals surface area contributed by atoms with Crippen LogP contribution < -0.4 is 14.8 Å². The predicted octanol–water partition coefficient (Wildman–Crippen LogP) is 5.67. The van der Waals surface area contributed by atoms with E-state index in [1.54, 1.807) is 7.11 Å². The minimum Gasteiger partial charge on any atom is -0.497 e. The highest BCUT2D eigenvalue weighted by molar-refractivity contribution is 7.14. The lowest BCUT2D eigenvalue weighted by Gasteiger charge is -2.13. The Hall–Kier alpha value is -4.05. The normalized spacial score (nSPS) is 10.6. The van der Waals surface area contributed by atoms with Crippen LogP contribution in [-0.4, -0.2) is 27.0 Å². The SMILES string of the molecule is COc1ccc(Oc2c(C)cc(-c3csc(Nc4nccnc4[N+](=O)[O-])n3)cc2C)cc1. The molecule has 0 spiro atoms. The first-order chi connectivity index (χ1) is 15.4. The number of anilines is 2. The van der Waals surface area contributed by atoms with Gasteiger partial charge in [0.2, 0.25) is 5.82 Å². The molecule has 0 saturated carbocycles. The highest BCUT2D eigenvalue weighted by atomic mass is 32.1. The Morgan fingerprint density at radius 2 is 1.69 bits per heavy atom. The first-order valence-electron chi connectivity index (χ1n) is 9.56. The van der Waals surface area contributed by atoms with Gasteiger partial charge in [-0.1, -0.05) is 0 Å². The van der Waals surface area contributed by atoms with E-state index in [1.807, 2.05) is 55.6 Å². The van der Waals surface area contributed by atoms with Gasteiger partial charge < -0.3 is 24.9 Å². The fourth-order valence-corrected chi connectivity index (χ4v) is 3.86. The van der Waals surface area contributed by atoms with Crippen molar-refractivity contribution < 1.29 is 14.4 Å². The summed E-state index contributed by atoms with van der Waals surface area (Å²) in [5.74, 6) is 1.96. The number of nitrogens with zero attached hydrogens (tertiary/aromatic N) is 4. The fourth-order valence-electron chi connectivity index (χ4n) is 3.14. The number of hydrogen-bond donors (Lipinski definition) is 1. The van der Waals surface area contributed by atoms with Crippen molar-refractivity contribution in [3.8, 4) is 28.5 Å². The van der Waals surface area contributed by atoms with Gasteiger partial charge in [-0.2, -0.15) is 0 Å². The maximum Gasteiger partial charge on any atom is 0.407 e. The second-order valence-electron chi connectivity index (χ2n) is 6.87. The van der Waals surface area contributed by atoms with Crippen LogP contribution in [0.5, 0.6) is 17.2 Å². The minimum atomic E-state index is -0.585. The molecule has 0 fully saturated rings. The van der Waals surface area contributed by atoms with Crippen LogP contribution in [0.2, 0.25) is 0 Å². The zero-order valence-electron chi connectivity index (χ0n) is 17.5. The maximum atomic E-state index is 11.1. The summed E-state index contributed by atoms with van der Waals surface area (Å²) in [7, 11) is 1.62. The molecule has 32 heavy (non-hydrogen) atoms. The van der Waals surface area contributed by atoms with Gasteiger partial charge in [-0.3, -0.25) is 0 Å². The molecule has 2 heterocycles. The van der Waals surface area contributed by atoms with Crippen LogP contribution in [0.25, 0.3) is 11.3 Å². The van der Waals surface area contributed by atoms with Crippen molar-refractivity contribution in [3.05, 3.63) is 75.4 Å². The summed E-state index contributed by atoms with van der Waals surface area (Å²) in [6.45, 7) is 3.95. The number of thiazole rings is 1. The van der Waals surface area contributed by atoms with Crippen molar-refractivity contribution in [2.45, 2.75) is 13.8 Å². The Labute approximate surface area is 187 Å². The summed E-state index contributed by atoms with van der Waals surface area (Å²) < 4.78 is 11.3. The second-order valence-corrected chi connectivity index (χ2v) is 7.72. The van der Waals surface area contributed by atoms with Crippen LogP contribution in [0.15, 0.2) is 54.2 Å². The molecular weight excluding hydrogens is 430 g/mol. The zero-order chi connectivity index (χ0) is 22.7. The smallest absolute Gasteiger partial charge is 0.407 e. The van der Waals surface area contributed by atoms with Crippen LogP contribution in [0, 0.1) is 24.0 Å². The third-order valence-corrected chi connectivity index (χ3v) is 5.37. The number of nitro groups is 1. The van der Waals surface area contributed by atoms with E-state index < -0.39 is 4.92 Å². The van der Waals surface area contributed by atoms with E-state index in [0.717, 1.165) is 39.6 Å². The van der Waals surface area contributed by atoms with Crippen molar-refractivity contribution in [1.29, 1.82) is 0 Å². The first kappa shape index (κ1) is 21.2. The van der Waals surface area contributed by atoms with Gasteiger partial charge in [0.25, 0.3) is 0 Å².